The van der Waals surface area contributed by atoms with Gasteiger partial charge in [0, 0.05) is 33.2 Å². The van der Waals surface area contributed by atoms with Crippen molar-refractivity contribution in [3.63, 3.8) is 0 Å². The number of hydrogen-bond donors (Lipinski definition) is 0. The van der Waals surface area contributed by atoms with E-state index in [1.54, 1.807) is 0 Å². The number of allylic oxidation sites excluding steroid dienone is 2. The summed E-state index contributed by atoms with van der Waals surface area (Å²) in [6.45, 7) is 4.68. The highest BCUT2D eigenvalue weighted by atomic mass is 16.3. The zero-order valence-electron chi connectivity index (χ0n) is 37.1. The number of fused-ring (bicyclic) bond motifs is 7. The summed E-state index contributed by atoms with van der Waals surface area (Å²) < 4.78 is 13.1. The lowest BCUT2D eigenvalue weighted by molar-refractivity contribution is 0.429. The van der Waals surface area contributed by atoms with E-state index in [9.17, 15) is 0 Å². The van der Waals surface area contributed by atoms with Gasteiger partial charge in [-0.05, 0) is 132 Å². The molecule has 0 spiro atoms. The maximum Gasteiger partial charge on any atom is 0.136 e. The second kappa shape index (κ2) is 15.5. The monoisotopic (exact) mass is 849 g/mol. The van der Waals surface area contributed by atoms with E-state index < -0.39 is 0 Å². The molecule has 3 unspecified atom stereocenters. The largest absolute Gasteiger partial charge is 0.456 e. The van der Waals surface area contributed by atoms with Gasteiger partial charge in [-0.2, -0.15) is 0 Å². The maximum absolute atomic E-state index is 6.74. The molecule has 1 aliphatic rings. The minimum atomic E-state index is 0.0189. The van der Waals surface area contributed by atoms with E-state index in [-0.39, 0.29) is 12.0 Å². The lowest BCUT2D eigenvalue weighted by atomic mass is 9.83. The molecule has 3 nitrogen and oxygen atoms in total. The third-order valence-electron chi connectivity index (χ3n) is 14.6. The van der Waals surface area contributed by atoms with Crippen molar-refractivity contribution in [3.05, 3.63) is 211 Å². The van der Waals surface area contributed by atoms with Crippen LogP contribution in [-0.2, 0) is 0 Å². The van der Waals surface area contributed by atoms with Crippen LogP contribution in [0, 0.1) is 11.8 Å². The van der Waals surface area contributed by atoms with Crippen molar-refractivity contribution in [2.75, 3.05) is 0 Å². The van der Waals surface area contributed by atoms with Crippen molar-refractivity contribution in [3.8, 4) is 22.3 Å². The number of hydrogen-bond acceptors (Lipinski definition) is 3. The Bertz CT molecular complexity index is 3880. The van der Waals surface area contributed by atoms with E-state index in [1.165, 1.54) is 76.6 Å². The molecule has 0 amide bonds. The Morgan fingerprint density at radius 1 is 0.470 bits per heavy atom. The summed E-state index contributed by atoms with van der Waals surface area (Å²) in [5.74, 6) is 0.563. The normalized spacial score (nSPS) is 18.8. The number of benzene rings is 10. The molecule has 0 N–H and O–H groups in total. The van der Waals surface area contributed by atoms with Crippen molar-refractivity contribution in [2.45, 2.75) is 39.2 Å². The summed E-state index contributed by atoms with van der Waals surface area (Å²) in [6.07, 6.45) is 5.44. The number of aliphatic imine (C=N–C) groups is 1. The van der Waals surface area contributed by atoms with Gasteiger partial charge < -0.3 is 8.83 Å². The van der Waals surface area contributed by atoms with Crippen LogP contribution in [0.2, 0.25) is 0 Å². The molecule has 0 radical (unpaired) electrons. The molecular weight excluding hydrogens is 803 g/mol. The van der Waals surface area contributed by atoms with Gasteiger partial charge in [0.15, 0.2) is 0 Å². The second-order valence-corrected chi connectivity index (χ2v) is 18.4. The average molecular weight is 850 g/mol. The fourth-order valence-electron chi connectivity index (χ4n) is 11.3. The predicted molar refractivity (Wildman–Crippen MR) is 278 cm³/mol. The highest BCUT2D eigenvalue weighted by Crippen LogP contribution is 2.47. The molecule has 0 aliphatic carbocycles. The highest BCUT2D eigenvalue weighted by molar-refractivity contribution is 6.35. The topological polar surface area (TPSA) is 38.6 Å². The van der Waals surface area contributed by atoms with Gasteiger partial charge in [-0.15, -0.1) is 0 Å². The minimum Gasteiger partial charge on any atom is -0.456 e. The first-order valence-electron chi connectivity index (χ1n) is 23.5. The summed E-state index contributed by atoms with van der Waals surface area (Å²) in [7, 11) is 0. The summed E-state index contributed by atoms with van der Waals surface area (Å²) in [5.41, 5.74) is 14.6. The van der Waals surface area contributed by atoms with Crippen LogP contribution in [0.15, 0.2) is 208 Å². The first-order valence-corrected chi connectivity index (χ1v) is 23.5. The van der Waals surface area contributed by atoms with Crippen molar-refractivity contribution in [1.29, 1.82) is 0 Å². The zero-order valence-corrected chi connectivity index (χ0v) is 37.1. The van der Waals surface area contributed by atoms with E-state index in [4.69, 9.17) is 13.8 Å². The van der Waals surface area contributed by atoms with Crippen LogP contribution in [0.1, 0.15) is 55.8 Å². The van der Waals surface area contributed by atoms with Gasteiger partial charge in [-0.1, -0.05) is 178 Å². The molecule has 0 saturated carbocycles. The van der Waals surface area contributed by atoms with E-state index in [2.05, 4.69) is 208 Å². The maximum atomic E-state index is 6.74. The molecule has 13 rings (SSSR count). The zero-order chi connectivity index (χ0) is 43.9. The molecule has 316 valence electrons. The smallest absolute Gasteiger partial charge is 0.136 e. The Morgan fingerprint density at radius 2 is 1.09 bits per heavy atom. The highest BCUT2D eigenvalue weighted by Gasteiger charge is 2.28. The molecule has 3 heterocycles. The average Bonchev–Trinajstić information content (AvgIpc) is 3.97. The van der Waals surface area contributed by atoms with Crippen molar-refractivity contribution >= 4 is 87.5 Å². The fourth-order valence-corrected chi connectivity index (χ4v) is 11.3. The quantitative estimate of drug-likeness (QED) is 0.156. The first kappa shape index (κ1) is 38.7. The molecule has 3 atom stereocenters. The van der Waals surface area contributed by atoms with E-state index >= 15 is 0 Å². The molecule has 12 aromatic rings. The lowest BCUT2D eigenvalue weighted by Gasteiger charge is -2.26. The number of rotatable bonds is 6. The van der Waals surface area contributed by atoms with Gasteiger partial charge in [0.2, 0.25) is 0 Å². The van der Waals surface area contributed by atoms with E-state index in [1.807, 2.05) is 0 Å². The lowest BCUT2D eigenvalue weighted by Crippen LogP contribution is -2.17. The van der Waals surface area contributed by atoms with Gasteiger partial charge in [-0.3, -0.25) is 4.99 Å². The Balaban J connectivity index is 0.901. The molecule has 2 aromatic heterocycles. The van der Waals surface area contributed by atoms with Gasteiger partial charge in [0.1, 0.15) is 22.3 Å². The van der Waals surface area contributed by atoms with E-state index in [0.717, 1.165) is 69.1 Å². The third kappa shape index (κ3) is 6.21. The molecule has 0 bridgehead atoms. The molecule has 0 fully saturated rings. The minimum absolute atomic E-state index is 0.0189. The van der Waals surface area contributed by atoms with Gasteiger partial charge in [0.05, 0.1) is 6.04 Å². The summed E-state index contributed by atoms with van der Waals surface area (Å²) >= 11 is 0. The standard InChI is InChI=1S/C63H47NO2/c1-3-39-35-45(40-13-5-4-6-14-40)26-25-38(2)62(64-63(39)47-32-27-41-15-7-8-16-44(41)36-47)43-30-28-42(29-31-43)48-18-10-22-54-59(48)52-34-33-46(37-57(52)66-54)49-17-9-19-50-51-20-11-23-55-60(51)61-53(58(49)50)21-12-24-56(61)65-55/h4-24,26-34,36-39,63H,3,25,35H2,1-2H3/b45-26-,64-62+. The number of furan rings is 2. The first-order chi connectivity index (χ1) is 32.6. The van der Waals surface area contributed by atoms with Crippen LogP contribution < -0.4 is 0 Å². The Morgan fingerprint density at radius 3 is 1.88 bits per heavy atom. The van der Waals surface area contributed by atoms with Gasteiger partial charge in [-0.25, -0.2) is 0 Å². The van der Waals surface area contributed by atoms with Gasteiger partial charge >= 0.3 is 0 Å². The molecule has 66 heavy (non-hydrogen) atoms. The van der Waals surface area contributed by atoms with Crippen LogP contribution in [0.4, 0.5) is 0 Å². The molecule has 0 saturated heterocycles. The summed E-state index contributed by atoms with van der Waals surface area (Å²) in [4.78, 5) is 5.84. The molecule has 3 heteroatoms. The van der Waals surface area contributed by atoms with Crippen LogP contribution >= 0.6 is 0 Å². The third-order valence-corrected chi connectivity index (χ3v) is 14.6. The van der Waals surface area contributed by atoms with Crippen LogP contribution in [-0.4, -0.2) is 5.71 Å². The Kier molecular flexibility index (Phi) is 9.06. The molecular formula is C63H47NO2. The van der Waals surface area contributed by atoms with E-state index in [0.29, 0.717) is 5.92 Å². The fraction of sp³-hybridized carbons (Fsp3) is 0.127. The molecule has 1 aliphatic heterocycles. The van der Waals surface area contributed by atoms with Gasteiger partial charge in [0.25, 0.3) is 0 Å². The van der Waals surface area contributed by atoms with Crippen LogP contribution in [0.25, 0.3) is 104 Å². The Labute approximate surface area is 383 Å². The molecule has 10 aromatic carbocycles. The van der Waals surface area contributed by atoms with Crippen molar-refractivity contribution < 1.29 is 8.83 Å². The van der Waals surface area contributed by atoms with Crippen molar-refractivity contribution in [1.82, 2.24) is 0 Å². The Hall–Kier alpha value is -7.75. The summed E-state index contributed by atoms with van der Waals surface area (Å²) in [6, 6.07) is 68.5. The SMILES string of the molecule is CCC1C/C(c2ccccc2)=C/CC(C)/C(c2ccc(-c3cccc4oc5cc(-c6cccc7c8cccc9oc%10cccc(c67)c%10c98)ccc5c34)cc2)=N\C1c1ccc2ccccc2c1. The second-order valence-electron chi connectivity index (χ2n) is 18.4. The van der Waals surface area contributed by atoms with Crippen LogP contribution in [0.5, 0.6) is 0 Å². The number of nitrogens with zero attached hydrogens (tertiary/aromatic N) is 1. The van der Waals surface area contributed by atoms with Crippen molar-refractivity contribution in [2.24, 2.45) is 16.8 Å². The predicted octanol–water partition coefficient (Wildman–Crippen LogP) is 17.8. The van der Waals surface area contributed by atoms with Crippen LogP contribution in [0.3, 0.4) is 0 Å². The summed E-state index contributed by atoms with van der Waals surface area (Å²) in [5, 5.41) is 12.1.